The average molecular weight is 511 g/mol. The molecule has 1 amide bonds. The molecule has 1 N–H and O–H groups in total. The summed E-state index contributed by atoms with van der Waals surface area (Å²) >= 11 is 0. The van der Waals surface area contributed by atoms with Gasteiger partial charge >= 0.3 is 0 Å². The molecule has 2 saturated carbocycles. The van der Waals surface area contributed by atoms with Crippen LogP contribution in [0.15, 0.2) is 72.9 Å². The quantitative estimate of drug-likeness (QED) is 0.316. The molecule has 7 rings (SSSR count). The Bertz CT molecular complexity index is 1490. The Morgan fingerprint density at radius 2 is 1.84 bits per heavy atom. The van der Waals surface area contributed by atoms with Crippen LogP contribution in [0.4, 0.5) is 4.39 Å². The van der Waals surface area contributed by atoms with Gasteiger partial charge in [0.15, 0.2) is 0 Å². The van der Waals surface area contributed by atoms with Crippen molar-refractivity contribution in [2.75, 3.05) is 13.2 Å². The van der Waals surface area contributed by atoms with Crippen molar-refractivity contribution in [3.8, 4) is 16.9 Å². The van der Waals surface area contributed by atoms with E-state index in [1.807, 2.05) is 22.9 Å². The van der Waals surface area contributed by atoms with Gasteiger partial charge in [0, 0.05) is 24.2 Å². The first-order valence-corrected chi connectivity index (χ1v) is 13.6. The number of amides is 1. The molecular weight excluding hydrogens is 479 g/mol. The molecule has 6 heteroatoms. The Morgan fingerprint density at radius 3 is 2.55 bits per heavy atom. The molecule has 2 heterocycles. The van der Waals surface area contributed by atoms with Gasteiger partial charge in [-0.3, -0.25) is 4.79 Å². The van der Waals surface area contributed by atoms with Crippen molar-refractivity contribution < 1.29 is 18.7 Å². The Balaban J connectivity index is 1.09. The first-order valence-electron chi connectivity index (χ1n) is 13.6. The number of hydrogen-bond acceptors (Lipinski definition) is 3. The van der Waals surface area contributed by atoms with Crippen molar-refractivity contribution in [1.82, 2.24) is 9.88 Å². The number of nitrogens with zero attached hydrogens (tertiary/aromatic N) is 1. The second-order valence-electron chi connectivity index (χ2n) is 11.2. The van der Waals surface area contributed by atoms with Gasteiger partial charge in [-0.05, 0) is 78.1 Å². The Kier molecular flexibility index (Phi) is 5.73. The Morgan fingerprint density at radius 1 is 1.03 bits per heavy atom. The molecule has 2 aliphatic carbocycles. The van der Waals surface area contributed by atoms with Crippen LogP contribution in [-0.2, 0) is 11.3 Å². The Hall–Kier alpha value is -3.64. The molecule has 3 fully saturated rings. The predicted molar refractivity (Wildman–Crippen MR) is 145 cm³/mol. The molecule has 38 heavy (non-hydrogen) atoms. The highest BCUT2D eigenvalue weighted by Crippen LogP contribution is 2.55. The highest BCUT2D eigenvalue weighted by molar-refractivity contribution is 6.06. The Labute approximate surface area is 221 Å². The molecule has 3 aliphatic rings. The van der Waals surface area contributed by atoms with E-state index < -0.39 is 0 Å². The largest absolute Gasteiger partial charge is 0.486 e. The molecule has 4 aromatic rings. The number of benzene rings is 3. The summed E-state index contributed by atoms with van der Waals surface area (Å²) in [7, 11) is 0. The van der Waals surface area contributed by atoms with Crippen LogP contribution < -0.4 is 10.1 Å². The smallest absolute Gasteiger partial charge is 0.253 e. The highest BCUT2D eigenvalue weighted by atomic mass is 19.1. The third-order valence-electron chi connectivity index (χ3n) is 8.61. The van der Waals surface area contributed by atoms with E-state index in [1.54, 1.807) is 12.1 Å². The lowest BCUT2D eigenvalue weighted by molar-refractivity contribution is -0.0796. The van der Waals surface area contributed by atoms with E-state index in [-0.39, 0.29) is 23.9 Å². The second-order valence-corrected chi connectivity index (χ2v) is 11.2. The topological polar surface area (TPSA) is 52.5 Å². The van der Waals surface area contributed by atoms with Crippen LogP contribution in [0.1, 0.15) is 48.0 Å². The van der Waals surface area contributed by atoms with Crippen LogP contribution in [-0.4, -0.2) is 35.8 Å². The SMILES string of the molecule is O=C(NC1CC2(CCC2)C1)c1ccc(F)c2ccn(Cc3ccc(-c4cccc(OC5COC5)c4)cc3)c12. The molecule has 5 nitrogen and oxygen atoms in total. The minimum atomic E-state index is -0.307. The molecule has 0 atom stereocenters. The number of aromatic nitrogens is 1. The number of carbonyl (C=O) groups is 1. The maximum Gasteiger partial charge on any atom is 0.253 e. The zero-order valence-electron chi connectivity index (χ0n) is 21.3. The summed E-state index contributed by atoms with van der Waals surface area (Å²) in [5.41, 5.74) is 4.92. The number of ether oxygens (including phenoxy) is 2. The number of hydrogen-bond donors (Lipinski definition) is 1. The van der Waals surface area contributed by atoms with Gasteiger partial charge in [-0.25, -0.2) is 4.39 Å². The fourth-order valence-corrected chi connectivity index (χ4v) is 6.26. The van der Waals surface area contributed by atoms with E-state index in [0.29, 0.717) is 41.6 Å². The standard InChI is InChI=1S/C32H31FN2O3/c33-29-10-9-28(31(36)34-24-16-32(17-24)12-2-13-32)30-27(29)11-14-35(30)18-21-5-7-22(8-6-21)23-3-1-4-25(15-23)38-26-19-37-20-26/h1,3-11,14-15,24,26H,2,12-13,16-20H2,(H,34,36). The van der Waals surface area contributed by atoms with E-state index >= 15 is 0 Å². The van der Waals surface area contributed by atoms with Crippen molar-refractivity contribution in [2.24, 2.45) is 5.41 Å². The van der Waals surface area contributed by atoms with Gasteiger partial charge in [0.1, 0.15) is 17.7 Å². The lowest BCUT2D eigenvalue weighted by atomic mass is 9.54. The van der Waals surface area contributed by atoms with Crippen LogP contribution >= 0.6 is 0 Å². The first kappa shape index (κ1) is 23.5. The fourth-order valence-electron chi connectivity index (χ4n) is 6.26. The van der Waals surface area contributed by atoms with Gasteiger partial charge in [0.25, 0.3) is 5.91 Å². The van der Waals surface area contributed by atoms with E-state index in [4.69, 9.17) is 9.47 Å². The molecule has 1 spiro atoms. The predicted octanol–water partition coefficient (Wildman–Crippen LogP) is 6.34. The summed E-state index contributed by atoms with van der Waals surface area (Å²) in [6, 6.07) is 21.5. The van der Waals surface area contributed by atoms with Gasteiger partial charge in [0.05, 0.1) is 24.3 Å². The maximum atomic E-state index is 14.7. The average Bonchev–Trinajstić information content (AvgIpc) is 3.27. The monoisotopic (exact) mass is 510 g/mol. The van der Waals surface area contributed by atoms with Gasteiger partial charge in [-0.2, -0.15) is 0 Å². The molecule has 3 aromatic carbocycles. The third-order valence-corrected chi connectivity index (χ3v) is 8.61. The van der Waals surface area contributed by atoms with E-state index in [1.165, 1.54) is 25.3 Å². The summed E-state index contributed by atoms with van der Waals surface area (Å²) in [4.78, 5) is 13.2. The van der Waals surface area contributed by atoms with E-state index in [9.17, 15) is 9.18 Å². The normalized spacial score (nSPS) is 18.6. The maximum absolute atomic E-state index is 14.7. The summed E-state index contributed by atoms with van der Waals surface area (Å²) in [6.45, 7) is 1.83. The number of nitrogens with one attached hydrogen (secondary N) is 1. The van der Waals surface area contributed by atoms with Gasteiger partial charge in [-0.1, -0.05) is 42.8 Å². The fraction of sp³-hybridized carbons (Fsp3) is 0.344. The van der Waals surface area contributed by atoms with Crippen LogP contribution in [0.3, 0.4) is 0 Å². The van der Waals surface area contributed by atoms with Crippen LogP contribution in [0.5, 0.6) is 5.75 Å². The van der Waals surface area contributed by atoms with Crippen molar-refractivity contribution in [2.45, 2.75) is 50.8 Å². The molecule has 0 unspecified atom stereocenters. The summed E-state index contributed by atoms with van der Waals surface area (Å²) in [6.07, 6.45) is 8.03. The van der Waals surface area contributed by atoms with E-state index in [0.717, 1.165) is 35.3 Å². The molecular formula is C32H31FN2O3. The molecule has 1 aromatic heterocycles. The van der Waals surface area contributed by atoms with Crippen LogP contribution in [0.25, 0.3) is 22.0 Å². The van der Waals surface area contributed by atoms with Gasteiger partial charge in [0.2, 0.25) is 0 Å². The van der Waals surface area contributed by atoms with Crippen molar-refractivity contribution in [1.29, 1.82) is 0 Å². The number of carbonyl (C=O) groups excluding carboxylic acids is 1. The van der Waals surface area contributed by atoms with Crippen molar-refractivity contribution in [3.63, 3.8) is 0 Å². The zero-order chi connectivity index (χ0) is 25.7. The number of fused-ring (bicyclic) bond motifs is 1. The molecule has 0 bridgehead atoms. The lowest BCUT2D eigenvalue weighted by Crippen LogP contribution is -2.53. The molecule has 1 saturated heterocycles. The van der Waals surface area contributed by atoms with Crippen LogP contribution in [0.2, 0.25) is 0 Å². The molecule has 194 valence electrons. The molecule has 1 aliphatic heterocycles. The zero-order valence-corrected chi connectivity index (χ0v) is 21.3. The minimum Gasteiger partial charge on any atom is -0.486 e. The summed E-state index contributed by atoms with van der Waals surface area (Å²) in [5, 5.41) is 3.68. The minimum absolute atomic E-state index is 0.111. The number of rotatable bonds is 7. The lowest BCUT2D eigenvalue weighted by Gasteiger charge is -2.54. The van der Waals surface area contributed by atoms with E-state index in [2.05, 4.69) is 41.7 Å². The summed E-state index contributed by atoms with van der Waals surface area (Å²) in [5.74, 6) is 0.426. The second kappa shape index (κ2) is 9.28. The van der Waals surface area contributed by atoms with Crippen molar-refractivity contribution in [3.05, 3.63) is 89.9 Å². The van der Waals surface area contributed by atoms with Crippen molar-refractivity contribution >= 4 is 16.8 Å². The first-order chi connectivity index (χ1) is 18.6. The molecule has 0 radical (unpaired) electrons. The number of halogens is 1. The highest BCUT2D eigenvalue weighted by Gasteiger charge is 2.48. The van der Waals surface area contributed by atoms with Crippen LogP contribution in [0, 0.1) is 11.2 Å². The third kappa shape index (κ3) is 4.27. The summed E-state index contributed by atoms with van der Waals surface area (Å²) < 4.78 is 27.8. The van der Waals surface area contributed by atoms with Gasteiger partial charge < -0.3 is 19.4 Å². The van der Waals surface area contributed by atoms with Gasteiger partial charge in [-0.15, -0.1) is 0 Å².